The van der Waals surface area contributed by atoms with Crippen molar-refractivity contribution in [1.29, 1.82) is 0 Å². The van der Waals surface area contributed by atoms with Crippen LogP contribution in [-0.2, 0) is 4.74 Å². The molecule has 108 valence electrons. The van der Waals surface area contributed by atoms with Crippen molar-refractivity contribution in [3.05, 3.63) is 30.3 Å². The summed E-state index contributed by atoms with van der Waals surface area (Å²) in [6, 6.07) is 8.93. The zero-order valence-corrected chi connectivity index (χ0v) is 12.2. The summed E-state index contributed by atoms with van der Waals surface area (Å²) in [7, 11) is 0. The maximum Gasteiger partial charge on any atom is 0.514 e. The van der Waals surface area contributed by atoms with Crippen LogP contribution in [0.4, 0.5) is 4.79 Å². The van der Waals surface area contributed by atoms with Gasteiger partial charge in [0, 0.05) is 6.42 Å². The Labute approximate surface area is 121 Å². The van der Waals surface area contributed by atoms with Gasteiger partial charge in [0.25, 0.3) is 0 Å². The first-order valence-electron chi connectivity index (χ1n) is 7.09. The fourth-order valence-corrected chi connectivity index (χ4v) is 1.79. The number of hydrogen-bond acceptors (Lipinski definition) is 3. The van der Waals surface area contributed by atoms with Gasteiger partial charge in [-0.15, -0.1) is 5.92 Å². The highest BCUT2D eigenvalue weighted by Crippen LogP contribution is 2.14. The molecule has 1 aromatic carbocycles. The quantitative estimate of drug-likeness (QED) is 0.316. The summed E-state index contributed by atoms with van der Waals surface area (Å²) in [5, 5.41) is 0. The fraction of sp³-hybridized carbons (Fsp3) is 0.471. The highest BCUT2D eigenvalue weighted by molar-refractivity contribution is 5.63. The van der Waals surface area contributed by atoms with Gasteiger partial charge in [-0.1, -0.05) is 43.9 Å². The van der Waals surface area contributed by atoms with Crippen LogP contribution in [0.25, 0.3) is 0 Å². The molecule has 0 N–H and O–H groups in total. The lowest BCUT2D eigenvalue weighted by atomic mass is 10.1. The number of carbonyl (C=O) groups excluding carboxylic acids is 1. The third kappa shape index (κ3) is 6.84. The van der Waals surface area contributed by atoms with Crippen LogP contribution in [0, 0.1) is 11.8 Å². The minimum absolute atomic E-state index is 0.190. The largest absolute Gasteiger partial charge is 0.514 e. The molecule has 0 aromatic heterocycles. The molecule has 20 heavy (non-hydrogen) atoms. The molecule has 0 radical (unpaired) electrons. The van der Waals surface area contributed by atoms with Gasteiger partial charge in [-0.25, -0.2) is 4.79 Å². The van der Waals surface area contributed by atoms with Gasteiger partial charge >= 0.3 is 6.16 Å². The van der Waals surface area contributed by atoms with Crippen molar-refractivity contribution in [3.8, 4) is 17.6 Å². The van der Waals surface area contributed by atoms with Crippen molar-refractivity contribution < 1.29 is 14.3 Å². The molecule has 0 spiro atoms. The number of rotatable bonds is 7. The molecule has 1 aromatic rings. The van der Waals surface area contributed by atoms with Crippen molar-refractivity contribution in [3.63, 3.8) is 0 Å². The molecule has 0 aliphatic heterocycles. The minimum atomic E-state index is -0.657. The van der Waals surface area contributed by atoms with Gasteiger partial charge in [0.05, 0.1) is 0 Å². The van der Waals surface area contributed by atoms with Crippen molar-refractivity contribution in [1.82, 2.24) is 0 Å². The minimum Gasteiger partial charge on any atom is -0.430 e. The number of hydrogen-bond donors (Lipinski definition) is 0. The molecule has 1 atom stereocenters. The predicted molar refractivity (Wildman–Crippen MR) is 79.5 cm³/mol. The van der Waals surface area contributed by atoms with Crippen LogP contribution in [0.5, 0.6) is 5.75 Å². The maximum atomic E-state index is 11.7. The summed E-state index contributed by atoms with van der Waals surface area (Å²) in [4.78, 5) is 11.7. The van der Waals surface area contributed by atoms with Crippen molar-refractivity contribution in [2.45, 2.75) is 52.1 Å². The van der Waals surface area contributed by atoms with E-state index in [1.807, 2.05) is 18.2 Å². The van der Waals surface area contributed by atoms with E-state index in [0.29, 0.717) is 12.2 Å². The molecular weight excluding hydrogens is 252 g/mol. The van der Waals surface area contributed by atoms with Gasteiger partial charge in [0.1, 0.15) is 11.9 Å². The molecule has 3 nitrogen and oxygen atoms in total. The first-order valence-corrected chi connectivity index (χ1v) is 7.09. The van der Waals surface area contributed by atoms with Crippen LogP contribution >= 0.6 is 0 Å². The SMILES string of the molecule is CC#CCC(CCCCC)OC(=O)Oc1ccccc1. The topological polar surface area (TPSA) is 35.5 Å². The Hall–Kier alpha value is -1.95. The summed E-state index contributed by atoms with van der Waals surface area (Å²) in [5.74, 6) is 6.28. The van der Waals surface area contributed by atoms with E-state index < -0.39 is 6.16 Å². The van der Waals surface area contributed by atoms with Crippen LogP contribution in [-0.4, -0.2) is 12.3 Å². The highest BCUT2D eigenvalue weighted by atomic mass is 16.7. The maximum absolute atomic E-state index is 11.7. The number of carbonyl (C=O) groups is 1. The van der Waals surface area contributed by atoms with Gasteiger partial charge in [0.15, 0.2) is 0 Å². The molecule has 1 rings (SSSR count). The standard InChI is InChI=1S/C17H22O3/c1-3-5-8-12-15(11-6-4-2)19-17(18)20-16-13-9-7-10-14-16/h7,9-10,13-15H,3,5,8,11-12H2,1-2H3. The summed E-state index contributed by atoms with van der Waals surface area (Å²) in [5.41, 5.74) is 0. The Morgan fingerprint density at radius 1 is 1.25 bits per heavy atom. The normalized spacial score (nSPS) is 11.1. The molecule has 0 fully saturated rings. The summed E-state index contributed by atoms with van der Waals surface area (Å²) < 4.78 is 10.5. The second-order valence-corrected chi connectivity index (χ2v) is 4.53. The van der Waals surface area contributed by atoms with Crippen molar-refractivity contribution in [2.24, 2.45) is 0 Å². The molecule has 0 bridgehead atoms. The average molecular weight is 274 g/mol. The zero-order valence-electron chi connectivity index (χ0n) is 12.2. The van der Waals surface area contributed by atoms with Crippen molar-refractivity contribution in [2.75, 3.05) is 0 Å². The molecule has 0 saturated carbocycles. The summed E-state index contributed by atoms with van der Waals surface area (Å²) in [6.07, 6.45) is 3.84. The lowest BCUT2D eigenvalue weighted by Crippen LogP contribution is -2.20. The lowest BCUT2D eigenvalue weighted by molar-refractivity contribution is 0.0556. The monoisotopic (exact) mass is 274 g/mol. The summed E-state index contributed by atoms with van der Waals surface area (Å²) in [6.45, 7) is 3.93. The second-order valence-electron chi connectivity index (χ2n) is 4.53. The Kier molecular flexibility index (Phi) is 7.98. The summed E-state index contributed by atoms with van der Waals surface area (Å²) >= 11 is 0. The molecule has 0 aliphatic rings. The first-order chi connectivity index (χ1) is 9.76. The van der Waals surface area contributed by atoms with Gasteiger partial charge in [-0.2, -0.15) is 0 Å². The van der Waals surface area contributed by atoms with Gasteiger partial charge in [-0.3, -0.25) is 0 Å². The van der Waals surface area contributed by atoms with Crippen LogP contribution in [0.1, 0.15) is 46.0 Å². The van der Waals surface area contributed by atoms with Gasteiger partial charge in [-0.05, 0) is 31.9 Å². The van der Waals surface area contributed by atoms with E-state index in [4.69, 9.17) is 9.47 Å². The number of para-hydroxylation sites is 1. The van der Waals surface area contributed by atoms with E-state index in [9.17, 15) is 4.79 Å². The van der Waals surface area contributed by atoms with Gasteiger partial charge in [0.2, 0.25) is 0 Å². The van der Waals surface area contributed by atoms with Gasteiger partial charge < -0.3 is 9.47 Å². The lowest BCUT2D eigenvalue weighted by Gasteiger charge is -2.15. The number of unbranched alkanes of at least 4 members (excludes halogenated alkanes) is 2. The molecule has 0 amide bonds. The molecule has 0 aliphatic carbocycles. The molecule has 1 unspecified atom stereocenters. The van der Waals surface area contributed by atoms with E-state index >= 15 is 0 Å². The van der Waals surface area contributed by atoms with E-state index in [1.54, 1.807) is 19.1 Å². The van der Waals surface area contributed by atoms with E-state index in [1.165, 1.54) is 0 Å². The third-order valence-electron chi connectivity index (χ3n) is 2.84. The Bertz CT molecular complexity index is 442. The molecule has 0 saturated heterocycles. The Morgan fingerprint density at radius 2 is 2.00 bits per heavy atom. The van der Waals surface area contributed by atoms with E-state index in [0.717, 1.165) is 25.7 Å². The van der Waals surface area contributed by atoms with E-state index in [-0.39, 0.29) is 6.10 Å². The first kappa shape index (κ1) is 16.1. The zero-order chi connectivity index (χ0) is 14.6. The third-order valence-corrected chi connectivity index (χ3v) is 2.84. The number of ether oxygens (including phenoxy) is 2. The average Bonchev–Trinajstić information content (AvgIpc) is 2.45. The van der Waals surface area contributed by atoms with Crippen LogP contribution in [0.3, 0.4) is 0 Å². The number of benzene rings is 1. The van der Waals surface area contributed by atoms with E-state index in [2.05, 4.69) is 18.8 Å². The second kappa shape index (κ2) is 9.91. The fourth-order valence-electron chi connectivity index (χ4n) is 1.79. The van der Waals surface area contributed by atoms with Crippen LogP contribution in [0.15, 0.2) is 30.3 Å². The Morgan fingerprint density at radius 3 is 2.65 bits per heavy atom. The predicted octanol–water partition coefficient (Wildman–Crippen LogP) is 4.56. The smallest absolute Gasteiger partial charge is 0.430 e. The highest BCUT2D eigenvalue weighted by Gasteiger charge is 2.15. The van der Waals surface area contributed by atoms with Crippen LogP contribution in [0.2, 0.25) is 0 Å². The molecular formula is C17H22O3. The van der Waals surface area contributed by atoms with Crippen molar-refractivity contribution >= 4 is 6.16 Å². The molecule has 0 heterocycles. The Balaban J connectivity index is 2.45. The molecule has 3 heteroatoms. The van der Waals surface area contributed by atoms with Crippen LogP contribution < -0.4 is 4.74 Å².